The molecule has 0 radical (unpaired) electrons. The molecule has 0 aromatic carbocycles. The summed E-state index contributed by atoms with van der Waals surface area (Å²) in [7, 11) is 11.4. The van der Waals surface area contributed by atoms with Gasteiger partial charge >= 0.3 is 6.18 Å². The molecule has 602 valence electrons. The van der Waals surface area contributed by atoms with Gasteiger partial charge in [-0.25, -0.2) is 8.78 Å². The van der Waals surface area contributed by atoms with E-state index in [4.69, 9.17) is 4.74 Å². The van der Waals surface area contributed by atoms with Crippen molar-refractivity contribution in [3.05, 3.63) is 12.2 Å². The van der Waals surface area contributed by atoms with E-state index in [1.807, 2.05) is 26.8 Å². The van der Waals surface area contributed by atoms with E-state index in [0.29, 0.717) is 57.3 Å². The van der Waals surface area contributed by atoms with Crippen LogP contribution in [0.4, 0.5) is 22.0 Å². The Hall–Kier alpha value is -7.01. The summed E-state index contributed by atoms with van der Waals surface area (Å²) in [5, 5.41) is 8.74. The summed E-state index contributed by atoms with van der Waals surface area (Å²) in [4.78, 5) is 193. The van der Waals surface area contributed by atoms with E-state index in [2.05, 4.69) is 22.9 Å². The highest BCUT2D eigenvalue weighted by Crippen LogP contribution is 2.50. The first-order valence-electron chi connectivity index (χ1n) is 39.2. The second-order valence-electron chi connectivity index (χ2n) is 33.5. The third-order valence-corrected chi connectivity index (χ3v) is 24.6. The van der Waals surface area contributed by atoms with Crippen molar-refractivity contribution < 1.29 is 84.2 Å². The number of nitrogens with one attached hydrogen (secondary N) is 3. The van der Waals surface area contributed by atoms with Crippen molar-refractivity contribution in [2.24, 2.45) is 40.9 Å². The number of rotatable bonds is 12. The van der Waals surface area contributed by atoms with Crippen LogP contribution in [0.3, 0.4) is 0 Å². The summed E-state index contributed by atoms with van der Waals surface area (Å²) < 4.78 is 79.1. The molecular formula is C77H121F5N12O13. The Balaban J connectivity index is 1.21. The van der Waals surface area contributed by atoms with E-state index in [1.54, 1.807) is 13.0 Å². The molecule has 8 rings (SSSR count). The van der Waals surface area contributed by atoms with Gasteiger partial charge in [-0.05, 0) is 132 Å². The fourth-order valence-electron chi connectivity index (χ4n) is 18.7. The van der Waals surface area contributed by atoms with Gasteiger partial charge in [-0.3, -0.25) is 57.5 Å². The number of amides is 12. The first-order valence-corrected chi connectivity index (χ1v) is 39.2. The minimum atomic E-state index is -5.18. The SMILES string of the molecule is CCC[C@H]1C(=O)N[C@@H](C2CCCC2)C(=O)N(C)CC(=O)N(C)[C@H]2C/C=C\CCN(C2=O)[C@@H](CC2CCC(C)CC2)C(=O)N(C)CC(=O)N[C@@H](CCC2CC(F)C(C(F)(F)F)C(F)C2)C(=O)N2C[C@H](OCC)C[C@H]2C(=O)NC2(CC(C)(C)C2)C(=O)N(C)[C@@H](C2CCCC2)C(=O)N(C)[C@H](C(=O)N(C)C)CC(=O)N1C. The van der Waals surface area contributed by atoms with Gasteiger partial charge in [-0.15, -0.1) is 0 Å². The average Bonchev–Trinajstić information content (AvgIpc) is 1.44. The number of carbonyl (C=O) groups is 12. The normalized spacial score (nSPS) is 33.1. The van der Waals surface area contributed by atoms with E-state index >= 15 is 37.5 Å². The van der Waals surface area contributed by atoms with Crippen LogP contribution in [0.5, 0.6) is 0 Å². The second kappa shape index (κ2) is 36.7. The number of likely N-dealkylation sites (N-methyl/N-ethyl adjacent to an activating group) is 7. The van der Waals surface area contributed by atoms with Gasteiger partial charge in [0.15, 0.2) is 0 Å². The maximum Gasteiger partial charge on any atom is 0.397 e. The highest BCUT2D eigenvalue weighted by atomic mass is 19.4. The van der Waals surface area contributed by atoms with Crippen LogP contribution in [0.15, 0.2) is 12.2 Å². The zero-order chi connectivity index (χ0) is 78.9. The molecule has 0 aromatic heterocycles. The van der Waals surface area contributed by atoms with Gasteiger partial charge < -0.3 is 64.8 Å². The van der Waals surface area contributed by atoms with E-state index in [9.17, 15) is 41.9 Å². The molecule has 0 aromatic rings. The Labute approximate surface area is 628 Å². The van der Waals surface area contributed by atoms with Crippen LogP contribution in [-0.2, 0) is 62.3 Å². The third kappa shape index (κ3) is 20.5. The van der Waals surface area contributed by atoms with Crippen molar-refractivity contribution in [2.45, 2.75) is 274 Å². The van der Waals surface area contributed by atoms with Crippen molar-refractivity contribution in [1.29, 1.82) is 0 Å². The van der Waals surface area contributed by atoms with Crippen LogP contribution < -0.4 is 16.0 Å². The smallest absolute Gasteiger partial charge is 0.377 e. The van der Waals surface area contributed by atoms with E-state index in [0.717, 1.165) is 48.3 Å². The number of ether oxygens (including phenoxy) is 1. The largest absolute Gasteiger partial charge is 0.397 e. The Morgan fingerprint density at radius 1 is 0.626 bits per heavy atom. The van der Waals surface area contributed by atoms with Gasteiger partial charge in [-0.2, -0.15) is 13.2 Å². The van der Waals surface area contributed by atoms with Crippen LogP contribution >= 0.6 is 0 Å². The lowest BCUT2D eigenvalue weighted by Gasteiger charge is -2.54. The van der Waals surface area contributed by atoms with Crippen LogP contribution in [0, 0.1) is 40.9 Å². The Kier molecular flexibility index (Phi) is 29.3. The third-order valence-electron chi connectivity index (χ3n) is 24.6. The fourth-order valence-corrected chi connectivity index (χ4v) is 18.7. The highest BCUT2D eigenvalue weighted by Gasteiger charge is 2.60. The number of carbonyl (C=O) groups excluding carboxylic acids is 12. The molecule has 5 aliphatic carbocycles. The van der Waals surface area contributed by atoms with Crippen LogP contribution in [0.1, 0.15) is 195 Å². The average molecular weight is 1520 g/mol. The van der Waals surface area contributed by atoms with Gasteiger partial charge in [-0.1, -0.05) is 97.6 Å². The number of halogens is 5. The van der Waals surface area contributed by atoms with Gasteiger partial charge in [0.25, 0.3) is 0 Å². The van der Waals surface area contributed by atoms with Crippen LogP contribution in [0.2, 0.25) is 0 Å². The summed E-state index contributed by atoms with van der Waals surface area (Å²) in [5.41, 5.74) is -2.27. The number of alkyl halides is 5. The molecule has 30 heteroatoms. The summed E-state index contributed by atoms with van der Waals surface area (Å²) >= 11 is 0. The van der Waals surface area contributed by atoms with Crippen molar-refractivity contribution in [1.82, 2.24) is 60.0 Å². The maximum atomic E-state index is 15.8. The number of hydrogen-bond donors (Lipinski definition) is 3. The predicted molar refractivity (Wildman–Crippen MR) is 388 cm³/mol. The molecule has 1 spiro atoms. The van der Waals surface area contributed by atoms with Crippen LogP contribution in [-0.4, -0.2) is 283 Å². The molecule has 2 bridgehead atoms. The Morgan fingerprint density at radius 3 is 1.81 bits per heavy atom. The molecule has 2 unspecified atom stereocenters. The van der Waals surface area contributed by atoms with Gasteiger partial charge in [0.1, 0.15) is 72.1 Å². The molecule has 8 aliphatic rings. The molecule has 5 saturated carbocycles. The lowest BCUT2D eigenvalue weighted by atomic mass is 9.58. The maximum absolute atomic E-state index is 15.8. The van der Waals surface area contributed by atoms with Gasteiger partial charge in [0.05, 0.1) is 25.6 Å². The predicted octanol–water partition coefficient (Wildman–Crippen LogP) is 6.34. The summed E-state index contributed by atoms with van der Waals surface area (Å²) in [6.45, 7) is 8.12. The Bertz CT molecular complexity index is 3210. The molecule has 3 N–H and O–H groups in total. The lowest BCUT2D eigenvalue weighted by molar-refractivity contribution is -0.219. The summed E-state index contributed by atoms with van der Waals surface area (Å²) in [6, 6.07) is -10.5. The molecular weight excluding hydrogens is 1400 g/mol. The minimum Gasteiger partial charge on any atom is -0.377 e. The molecule has 11 atom stereocenters. The van der Waals surface area contributed by atoms with E-state index in [1.165, 1.54) is 90.7 Å². The van der Waals surface area contributed by atoms with Gasteiger partial charge in [0.2, 0.25) is 70.9 Å². The minimum absolute atomic E-state index is 0.0231. The molecule has 3 aliphatic heterocycles. The zero-order valence-electron chi connectivity index (χ0n) is 65.4. The monoisotopic (exact) mass is 1520 g/mol. The Morgan fingerprint density at radius 2 is 1.23 bits per heavy atom. The lowest BCUT2D eigenvalue weighted by Crippen LogP contribution is -2.71. The molecule has 3 heterocycles. The van der Waals surface area contributed by atoms with Crippen molar-refractivity contribution in [2.75, 3.05) is 89.2 Å². The number of nitrogens with zero attached hydrogens (tertiary/aromatic N) is 9. The first-order chi connectivity index (χ1) is 50.3. The van der Waals surface area contributed by atoms with Crippen LogP contribution in [0.25, 0.3) is 0 Å². The molecule has 107 heavy (non-hydrogen) atoms. The quantitative estimate of drug-likeness (QED) is 0.142. The van der Waals surface area contributed by atoms with E-state index in [-0.39, 0.29) is 76.5 Å². The molecule has 12 amide bonds. The standard InChI is InChI=1S/C77H121F5N12O13/c1-14-23-55-66(98)84-64(49-24-18-19-25-49)72(104)88(9)43-62(97)90(11)56-28-17-16-22-35-93(71(56)103)59(38-47-31-29-46(3)30-32-47)70(102)87(8)42-60(95)83-54(34-33-48-36-52(78)63(53(79)37-48)77(80,81)82)68(100)94-41-51(107-15-2)39-57(94)67(99)85-76(44-75(4,5)45-76)74(106)92(13)65(50-26-20-21-27-50)73(105)91(12)58(69(101)86(6)7)40-61(96)89(55)10/h16-17,46-59,63-65H,14-15,18-45H2,1-13H3,(H,83,95)(H,84,98)(H,85,99)/b17-16-/t46?,47?,48?,51-,52?,53?,54+,55+,56+,57+,58+,59+,63?,64+,65+/m1/s1. The van der Waals surface area contributed by atoms with E-state index < -0.39 is 211 Å². The first kappa shape index (κ1) is 85.6. The molecule has 2 saturated heterocycles. The summed E-state index contributed by atoms with van der Waals surface area (Å²) in [6.07, 6.45) is -1.02. The zero-order valence-corrected chi connectivity index (χ0v) is 65.4. The van der Waals surface area contributed by atoms with Crippen molar-refractivity contribution >= 4 is 70.9 Å². The van der Waals surface area contributed by atoms with Gasteiger partial charge in [0, 0.05) is 82.5 Å². The molecule has 7 fully saturated rings. The summed E-state index contributed by atoms with van der Waals surface area (Å²) in [5.74, 6) is -12.7. The second-order valence-corrected chi connectivity index (χ2v) is 33.5. The number of fused-ring (bicyclic) bond motifs is 3. The highest BCUT2D eigenvalue weighted by molar-refractivity contribution is 6.01. The fraction of sp³-hybridized carbons (Fsp3) is 0.818. The number of hydrogen-bond acceptors (Lipinski definition) is 13. The molecule has 25 nitrogen and oxygen atoms in total. The van der Waals surface area contributed by atoms with Crippen molar-refractivity contribution in [3.63, 3.8) is 0 Å². The van der Waals surface area contributed by atoms with Crippen molar-refractivity contribution in [3.8, 4) is 0 Å². The topological polar surface area (TPSA) is 279 Å².